The molecule has 1 aliphatic rings. The second kappa shape index (κ2) is 5.24. The number of piperazine rings is 1. The largest absolute Gasteiger partial charge is 0.389 e. The highest BCUT2D eigenvalue weighted by Crippen LogP contribution is 2.29. The van der Waals surface area contributed by atoms with Crippen molar-refractivity contribution >= 4 is 5.69 Å². The van der Waals surface area contributed by atoms with Gasteiger partial charge < -0.3 is 14.9 Å². The average molecular weight is 252 g/mol. The van der Waals surface area contributed by atoms with Gasteiger partial charge in [0.15, 0.2) is 0 Å². The molecule has 0 saturated carbocycles. The van der Waals surface area contributed by atoms with E-state index in [2.05, 4.69) is 23.8 Å². The maximum absolute atomic E-state index is 13.3. The Balaban J connectivity index is 2.32. The van der Waals surface area contributed by atoms with Crippen LogP contribution in [0.4, 0.5) is 10.1 Å². The molecule has 0 aliphatic carbocycles. The van der Waals surface area contributed by atoms with Gasteiger partial charge in [0.05, 0.1) is 6.10 Å². The van der Waals surface area contributed by atoms with Crippen molar-refractivity contribution < 1.29 is 9.50 Å². The number of nitrogens with zero attached hydrogens (tertiary/aromatic N) is 2. The van der Waals surface area contributed by atoms with Gasteiger partial charge in [0, 0.05) is 36.9 Å². The molecule has 1 heterocycles. The molecule has 0 spiro atoms. The van der Waals surface area contributed by atoms with Crippen LogP contribution in [0.3, 0.4) is 0 Å². The first-order valence-corrected chi connectivity index (χ1v) is 6.41. The van der Waals surface area contributed by atoms with Gasteiger partial charge in [0.2, 0.25) is 0 Å². The number of benzene rings is 1. The van der Waals surface area contributed by atoms with E-state index in [1.165, 1.54) is 12.1 Å². The van der Waals surface area contributed by atoms with E-state index in [4.69, 9.17) is 0 Å². The molecule has 0 aromatic heterocycles. The molecular weight excluding hydrogens is 231 g/mol. The Bertz CT molecular complexity index is 422. The number of hydrogen-bond acceptors (Lipinski definition) is 3. The van der Waals surface area contributed by atoms with Crippen LogP contribution in [0.15, 0.2) is 18.2 Å². The molecule has 0 amide bonds. The molecule has 1 aromatic carbocycles. The number of halogens is 1. The van der Waals surface area contributed by atoms with Gasteiger partial charge in [-0.2, -0.15) is 0 Å². The fourth-order valence-electron chi connectivity index (χ4n) is 2.62. The molecule has 0 bridgehead atoms. The number of rotatable bonds is 2. The zero-order valence-electron chi connectivity index (χ0n) is 11.2. The number of aliphatic hydroxyl groups excluding tert-OH is 1. The van der Waals surface area contributed by atoms with Gasteiger partial charge in [0.25, 0.3) is 0 Å². The van der Waals surface area contributed by atoms with Crippen molar-refractivity contribution in [2.75, 3.05) is 31.6 Å². The third-order valence-corrected chi connectivity index (χ3v) is 3.58. The Kier molecular flexibility index (Phi) is 3.88. The first-order chi connectivity index (χ1) is 8.49. The zero-order valence-corrected chi connectivity index (χ0v) is 11.2. The maximum atomic E-state index is 13.3. The van der Waals surface area contributed by atoms with E-state index in [1.54, 1.807) is 13.0 Å². The van der Waals surface area contributed by atoms with Crippen LogP contribution in [0.2, 0.25) is 0 Å². The quantitative estimate of drug-likeness (QED) is 0.872. The summed E-state index contributed by atoms with van der Waals surface area (Å²) in [5.41, 5.74) is 1.62. The molecule has 1 N–H and O–H groups in total. The monoisotopic (exact) mass is 252 g/mol. The molecule has 18 heavy (non-hydrogen) atoms. The Morgan fingerprint density at radius 1 is 1.39 bits per heavy atom. The fraction of sp³-hybridized carbons (Fsp3) is 0.571. The second-order valence-electron chi connectivity index (χ2n) is 5.18. The third kappa shape index (κ3) is 2.65. The summed E-state index contributed by atoms with van der Waals surface area (Å²) >= 11 is 0. The van der Waals surface area contributed by atoms with E-state index in [1.807, 2.05) is 0 Å². The van der Waals surface area contributed by atoms with Crippen molar-refractivity contribution in [2.45, 2.75) is 26.0 Å². The van der Waals surface area contributed by atoms with Crippen LogP contribution >= 0.6 is 0 Å². The number of aliphatic hydroxyl groups is 1. The van der Waals surface area contributed by atoms with E-state index in [9.17, 15) is 9.50 Å². The minimum Gasteiger partial charge on any atom is -0.389 e. The lowest BCUT2D eigenvalue weighted by atomic mass is 10.0. The summed E-state index contributed by atoms with van der Waals surface area (Å²) in [4.78, 5) is 4.54. The molecule has 4 heteroatoms. The highest BCUT2D eigenvalue weighted by atomic mass is 19.1. The van der Waals surface area contributed by atoms with Crippen LogP contribution in [0.5, 0.6) is 0 Å². The number of hydrogen-bond donors (Lipinski definition) is 1. The van der Waals surface area contributed by atoms with E-state index >= 15 is 0 Å². The van der Waals surface area contributed by atoms with Gasteiger partial charge in [-0.1, -0.05) is 0 Å². The zero-order chi connectivity index (χ0) is 13.3. The first-order valence-electron chi connectivity index (χ1n) is 6.41. The lowest BCUT2D eigenvalue weighted by Crippen LogP contribution is -2.50. The average Bonchev–Trinajstić information content (AvgIpc) is 2.29. The van der Waals surface area contributed by atoms with Crippen LogP contribution in [0, 0.1) is 5.82 Å². The van der Waals surface area contributed by atoms with Crippen molar-refractivity contribution in [3.63, 3.8) is 0 Å². The molecule has 2 rings (SSSR count). The lowest BCUT2D eigenvalue weighted by molar-refractivity contribution is 0.198. The van der Waals surface area contributed by atoms with Gasteiger partial charge in [-0.3, -0.25) is 0 Å². The maximum Gasteiger partial charge on any atom is 0.123 e. The van der Waals surface area contributed by atoms with E-state index in [-0.39, 0.29) is 5.82 Å². The Hall–Kier alpha value is -1.13. The Morgan fingerprint density at radius 3 is 2.72 bits per heavy atom. The smallest absolute Gasteiger partial charge is 0.123 e. The predicted octanol–water partition coefficient (Wildman–Crippen LogP) is 2.02. The summed E-state index contributed by atoms with van der Waals surface area (Å²) in [5, 5.41) is 9.79. The lowest BCUT2D eigenvalue weighted by Gasteiger charge is -2.41. The number of likely N-dealkylation sites (N-methyl/N-ethyl adjacent to an activating group) is 1. The van der Waals surface area contributed by atoms with Crippen LogP contribution in [-0.4, -0.2) is 42.7 Å². The fourth-order valence-corrected chi connectivity index (χ4v) is 2.62. The first kappa shape index (κ1) is 13.3. The van der Waals surface area contributed by atoms with Gasteiger partial charge in [-0.15, -0.1) is 0 Å². The van der Waals surface area contributed by atoms with Gasteiger partial charge >= 0.3 is 0 Å². The van der Waals surface area contributed by atoms with Crippen LogP contribution < -0.4 is 4.90 Å². The summed E-state index contributed by atoms with van der Waals surface area (Å²) in [7, 11) is 2.11. The minimum atomic E-state index is -0.650. The van der Waals surface area contributed by atoms with E-state index < -0.39 is 6.10 Å². The summed E-state index contributed by atoms with van der Waals surface area (Å²) in [5.74, 6) is -0.295. The van der Waals surface area contributed by atoms with Crippen LogP contribution in [0.1, 0.15) is 25.5 Å². The molecule has 2 atom stereocenters. The molecule has 1 aromatic rings. The molecule has 3 nitrogen and oxygen atoms in total. The molecule has 100 valence electrons. The third-order valence-electron chi connectivity index (χ3n) is 3.58. The molecule has 0 radical (unpaired) electrons. The standard InChI is InChI=1S/C14H21FN2O/c1-10-9-16(3)6-7-17(10)14-5-4-12(15)8-13(14)11(2)18/h4-5,8,10-11,18H,6-7,9H2,1-3H3/t10?,11-/m0/s1. The van der Waals surface area contributed by atoms with Crippen molar-refractivity contribution in [3.8, 4) is 0 Å². The molecular formula is C14H21FN2O. The van der Waals surface area contributed by atoms with Crippen molar-refractivity contribution in [1.29, 1.82) is 0 Å². The van der Waals surface area contributed by atoms with Crippen LogP contribution in [-0.2, 0) is 0 Å². The Morgan fingerprint density at radius 2 is 2.11 bits per heavy atom. The minimum absolute atomic E-state index is 0.295. The highest BCUT2D eigenvalue weighted by molar-refractivity contribution is 5.56. The van der Waals surface area contributed by atoms with Crippen LogP contribution in [0.25, 0.3) is 0 Å². The topological polar surface area (TPSA) is 26.7 Å². The second-order valence-corrected chi connectivity index (χ2v) is 5.18. The SMILES string of the molecule is CC1CN(C)CCN1c1ccc(F)cc1[C@H](C)O. The molecule has 1 saturated heterocycles. The van der Waals surface area contributed by atoms with Gasteiger partial charge in [-0.25, -0.2) is 4.39 Å². The molecule has 1 fully saturated rings. The normalized spacial score (nSPS) is 23.2. The van der Waals surface area contributed by atoms with Crippen molar-refractivity contribution in [3.05, 3.63) is 29.6 Å². The van der Waals surface area contributed by atoms with Gasteiger partial charge in [0.1, 0.15) is 5.82 Å². The van der Waals surface area contributed by atoms with E-state index in [0.717, 1.165) is 25.3 Å². The van der Waals surface area contributed by atoms with Gasteiger partial charge in [-0.05, 0) is 39.1 Å². The summed E-state index contributed by atoms with van der Waals surface area (Å²) in [6.45, 7) is 6.71. The Labute approximate surface area is 108 Å². The van der Waals surface area contributed by atoms with Crippen molar-refractivity contribution in [2.24, 2.45) is 0 Å². The predicted molar refractivity (Wildman–Crippen MR) is 71.3 cm³/mol. The summed E-state index contributed by atoms with van der Waals surface area (Å²) in [6, 6.07) is 5.04. The van der Waals surface area contributed by atoms with Crippen molar-refractivity contribution in [1.82, 2.24) is 4.90 Å². The summed E-state index contributed by atoms with van der Waals surface area (Å²) < 4.78 is 13.3. The highest BCUT2D eigenvalue weighted by Gasteiger charge is 2.24. The number of anilines is 1. The molecule has 1 aliphatic heterocycles. The van der Waals surface area contributed by atoms with E-state index in [0.29, 0.717) is 11.6 Å². The molecule has 1 unspecified atom stereocenters. The summed E-state index contributed by atoms with van der Waals surface area (Å²) in [6.07, 6.45) is -0.650.